The van der Waals surface area contributed by atoms with Crippen LogP contribution in [-0.2, 0) is 17.6 Å². The topological polar surface area (TPSA) is 71.8 Å². The van der Waals surface area contributed by atoms with Crippen LogP contribution in [0, 0.1) is 13.8 Å². The summed E-state index contributed by atoms with van der Waals surface area (Å²) in [6.45, 7) is 8.27. The molecule has 2 N–H and O–H groups in total. The van der Waals surface area contributed by atoms with Crippen molar-refractivity contribution in [2.45, 2.75) is 57.0 Å². The zero-order valence-corrected chi connectivity index (χ0v) is 18.6. The Morgan fingerprint density at radius 2 is 1.87 bits per heavy atom. The SMILES string of the molecule is CCc1ccc([C@@H]2Nn3c(CC)nnc3S[C@@H]2C(=O)Nc2cccc(C)c2C)cc1. The number of carbonyl (C=O) groups excluding carboxylic acids is 1. The van der Waals surface area contributed by atoms with Crippen molar-refractivity contribution in [1.82, 2.24) is 14.9 Å². The van der Waals surface area contributed by atoms with Gasteiger partial charge in [-0.15, -0.1) is 10.2 Å². The highest BCUT2D eigenvalue weighted by atomic mass is 32.2. The van der Waals surface area contributed by atoms with E-state index in [0.29, 0.717) is 0 Å². The van der Waals surface area contributed by atoms with Gasteiger partial charge in [-0.3, -0.25) is 4.79 Å². The molecule has 0 bridgehead atoms. The maximum Gasteiger partial charge on any atom is 0.240 e. The Morgan fingerprint density at radius 3 is 2.57 bits per heavy atom. The van der Waals surface area contributed by atoms with E-state index in [9.17, 15) is 4.79 Å². The summed E-state index contributed by atoms with van der Waals surface area (Å²) in [5, 5.41) is 12.0. The van der Waals surface area contributed by atoms with E-state index in [1.807, 2.05) is 30.7 Å². The van der Waals surface area contributed by atoms with Gasteiger partial charge >= 0.3 is 0 Å². The van der Waals surface area contributed by atoms with Crippen LogP contribution in [0.15, 0.2) is 47.6 Å². The smallest absolute Gasteiger partial charge is 0.240 e. The van der Waals surface area contributed by atoms with Crippen LogP contribution in [0.25, 0.3) is 0 Å². The number of hydrogen-bond donors (Lipinski definition) is 2. The van der Waals surface area contributed by atoms with Gasteiger partial charge in [0.05, 0.1) is 6.04 Å². The third-order valence-corrected chi connectivity index (χ3v) is 6.90. The van der Waals surface area contributed by atoms with Gasteiger partial charge in [-0.2, -0.15) is 0 Å². The van der Waals surface area contributed by atoms with Crippen LogP contribution in [0.4, 0.5) is 5.69 Å². The van der Waals surface area contributed by atoms with Crippen LogP contribution in [0.3, 0.4) is 0 Å². The lowest BCUT2D eigenvalue weighted by Crippen LogP contribution is -2.41. The van der Waals surface area contributed by atoms with Gasteiger partial charge in [0, 0.05) is 12.1 Å². The molecule has 0 aliphatic carbocycles. The van der Waals surface area contributed by atoms with E-state index in [-0.39, 0.29) is 17.2 Å². The number of benzene rings is 2. The van der Waals surface area contributed by atoms with Gasteiger partial charge in [-0.1, -0.05) is 62.0 Å². The number of nitrogens with zero attached hydrogens (tertiary/aromatic N) is 3. The van der Waals surface area contributed by atoms with Crippen LogP contribution < -0.4 is 10.7 Å². The molecule has 7 heteroatoms. The van der Waals surface area contributed by atoms with Crippen molar-refractivity contribution in [2.75, 3.05) is 10.7 Å². The van der Waals surface area contributed by atoms with Crippen LogP contribution in [0.1, 0.15) is 48.0 Å². The molecule has 4 rings (SSSR count). The molecule has 6 nitrogen and oxygen atoms in total. The van der Waals surface area contributed by atoms with Crippen molar-refractivity contribution in [3.63, 3.8) is 0 Å². The number of amides is 1. The van der Waals surface area contributed by atoms with Crippen LogP contribution >= 0.6 is 11.8 Å². The first kappa shape index (κ1) is 20.5. The van der Waals surface area contributed by atoms with Gasteiger partial charge in [0.2, 0.25) is 11.1 Å². The Bertz CT molecular complexity index is 1060. The molecular weight excluding hydrogens is 394 g/mol. The number of carbonyl (C=O) groups is 1. The lowest BCUT2D eigenvalue weighted by atomic mass is 10.0. The summed E-state index contributed by atoms with van der Waals surface area (Å²) >= 11 is 1.46. The van der Waals surface area contributed by atoms with Gasteiger partial charge in [0.25, 0.3) is 0 Å². The zero-order valence-electron chi connectivity index (χ0n) is 17.8. The normalized spacial score (nSPS) is 17.9. The summed E-state index contributed by atoms with van der Waals surface area (Å²) in [7, 11) is 0. The lowest BCUT2D eigenvalue weighted by molar-refractivity contribution is -0.116. The predicted octanol–water partition coefficient (Wildman–Crippen LogP) is 4.42. The minimum Gasteiger partial charge on any atom is -0.325 e. The zero-order chi connectivity index (χ0) is 21.3. The molecule has 1 aliphatic heterocycles. The number of fused-ring (bicyclic) bond motifs is 1. The van der Waals surface area contributed by atoms with Gasteiger partial charge in [0.1, 0.15) is 5.25 Å². The van der Waals surface area contributed by atoms with E-state index in [1.54, 1.807) is 0 Å². The predicted molar refractivity (Wildman–Crippen MR) is 122 cm³/mol. The molecular formula is C23H27N5OS. The van der Waals surface area contributed by atoms with Crippen molar-refractivity contribution in [2.24, 2.45) is 0 Å². The van der Waals surface area contributed by atoms with Crippen molar-refractivity contribution >= 4 is 23.4 Å². The Morgan fingerprint density at radius 1 is 1.10 bits per heavy atom. The summed E-state index contributed by atoms with van der Waals surface area (Å²) in [6.07, 6.45) is 1.75. The average Bonchev–Trinajstić information content (AvgIpc) is 3.18. The fourth-order valence-corrected chi connectivity index (χ4v) is 4.73. The summed E-state index contributed by atoms with van der Waals surface area (Å²) in [6, 6.07) is 14.2. The Hall–Kier alpha value is -2.80. The first-order chi connectivity index (χ1) is 14.5. The molecule has 2 atom stereocenters. The van der Waals surface area contributed by atoms with Gasteiger partial charge in [0.15, 0.2) is 5.82 Å². The molecule has 3 aromatic rings. The number of thioether (sulfide) groups is 1. The van der Waals surface area contributed by atoms with Crippen molar-refractivity contribution in [1.29, 1.82) is 0 Å². The summed E-state index contributed by atoms with van der Waals surface area (Å²) < 4.78 is 1.92. The van der Waals surface area contributed by atoms with E-state index < -0.39 is 0 Å². The number of hydrogen-bond acceptors (Lipinski definition) is 5. The lowest BCUT2D eigenvalue weighted by Gasteiger charge is -2.33. The fourth-order valence-electron chi connectivity index (χ4n) is 3.63. The number of aryl methyl sites for hydroxylation is 3. The standard InChI is InChI=1S/C23H27N5OS/c1-5-16-10-12-17(13-11-16)20-21(30-23-26-25-19(6-2)28(23)27-20)22(29)24-18-9-7-8-14(3)15(18)4/h7-13,20-21,27H,5-6H2,1-4H3,(H,24,29)/t20-,21-/m0/s1. The van der Waals surface area contributed by atoms with E-state index >= 15 is 0 Å². The number of nitrogens with one attached hydrogen (secondary N) is 2. The van der Waals surface area contributed by atoms with Crippen molar-refractivity contribution in [3.8, 4) is 0 Å². The van der Waals surface area contributed by atoms with Crippen LogP contribution in [0.2, 0.25) is 0 Å². The maximum atomic E-state index is 13.4. The van der Waals surface area contributed by atoms with E-state index in [2.05, 4.69) is 65.1 Å². The number of anilines is 1. The molecule has 1 amide bonds. The minimum absolute atomic E-state index is 0.0435. The molecule has 1 aliphatic rings. The summed E-state index contributed by atoms with van der Waals surface area (Å²) in [5.41, 5.74) is 8.94. The first-order valence-corrected chi connectivity index (χ1v) is 11.2. The Kier molecular flexibility index (Phi) is 5.81. The average molecular weight is 422 g/mol. The second-order valence-electron chi connectivity index (χ2n) is 7.56. The van der Waals surface area contributed by atoms with Gasteiger partial charge < -0.3 is 10.7 Å². The van der Waals surface area contributed by atoms with Crippen LogP contribution in [-0.4, -0.2) is 26.0 Å². The van der Waals surface area contributed by atoms with E-state index in [0.717, 1.165) is 46.2 Å². The molecule has 30 heavy (non-hydrogen) atoms. The van der Waals surface area contributed by atoms with E-state index in [4.69, 9.17) is 0 Å². The highest BCUT2D eigenvalue weighted by molar-refractivity contribution is 8.00. The molecule has 2 heterocycles. The Labute approximate surface area is 181 Å². The van der Waals surface area contributed by atoms with Crippen molar-refractivity contribution in [3.05, 3.63) is 70.5 Å². The second kappa shape index (κ2) is 8.52. The monoisotopic (exact) mass is 421 g/mol. The molecule has 0 unspecified atom stereocenters. The maximum absolute atomic E-state index is 13.4. The molecule has 0 saturated heterocycles. The molecule has 0 fully saturated rings. The molecule has 0 saturated carbocycles. The van der Waals surface area contributed by atoms with Gasteiger partial charge in [-0.25, -0.2) is 4.68 Å². The van der Waals surface area contributed by atoms with Crippen molar-refractivity contribution < 1.29 is 4.79 Å². The number of aromatic nitrogens is 3. The van der Waals surface area contributed by atoms with E-state index in [1.165, 1.54) is 17.3 Å². The number of rotatable bonds is 5. The molecule has 0 spiro atoms. The molecule has 1 aromatic heterocycles. The highest BCUT2D eigenvalue weighted by Gasteiger charge is 2.37. The Balaban J connectivity index is 1.68. The minimum atomic E-state index is -0.376. The quantitative estimate of drug-likeness (QED) is 0.638. The second-order valence-corrected chi connectivity index (χ2v) is 8.67. The first-order valence-electron chi connectivity index (χ1n) is 10.3. The van der Waals surface area contributed by atoms with Crippen LogP contribution in [0.5, 0.6) is 0 Å². The molecule has 0 radical (unpaired) electrons. The third kappa shape index (κ3) is 3.81. The summed E-state index contributed by atoms with van der Waals surface area (Å²) in [4.78, 5) is 13.4. The van der Waals surface area contributed by atoms with Gasteiger partial charge in [-0.05, 0) is 48.6 Å². The molecule has 156 valence electrons. The summed E-state index contributed by atoms with van der Waals surface area (Å²) in [5.74, 6) is 0.819. The highest BCUT2D eigenvalue weighted by Crippen LogP contribution is 2.38. The largest absolute Gasteiger partial charge is 0.325 e. The molecule has 2 aromatic carbocycles. The fraction of sp³-hybridized carbons (Fsp3) is 0.348. The third-order valence-electron chi connectivity index (χ3n) is 5.69.